The Bertz CT molecular complexity index is 652. The number of hydrogen-bond donors (Lipinski definition) is 4. The van der Waals surface area contributed by atoms with Crippen molar-refractivity contribution in [3.05, 3.63) is 36.0 Å². The average molecular weight is 347 g/mol. The number of rotatable bonds is 8. The fourth-order valence-electron chi connectivity index (χ4n) is 1.88. The molecule has 0 saturated heterocycles. The van der Waals surface area contributed by atoms with Gasteiger partial charge in [0.1, 0.15) is 11.9 Å². The molecule has 4 N–H and O–H groups in total. The van der Waals surface area contributed by atoms with Gasteiger partial charge in [0.2, 0.25) is 0 Å². The van der Waals surface area contributed by atoms with E-state index in [4.69, 9.17) is 5.41 Å². The summed E-state index contributed by atoms with van der Waals surface area (Å²) in [4.78, 5) is 29.4. The van der Waals surface area contributed by atoms with E-state index in [2.05, 4.69) is 15.6 Å². The lowest BCUT2D eigenvalue weighted by Gasteiger charge is -2.18. The molecule has 0 aliphatic rings. The van der Waals surface area contributed by atoms with Crippen LogP contribution >= 0.6 is 0 Å². The molecule has 0 aliphatic heterocycles. The van der Waals surface area contributed by atoms with E-state index in [1.54, 1.807) is 13.1 Å². The average Bonchev–Trinajstić information content (AvgIpc) is 2.55. The Labute approximate surface area is 147 Å². The Morgan fingerprint density at radius 3 is 2.64 bits per heavy atom. The zero-order valence-electron chi connectivity index (χ0n) is 14.9. The molecule has 25 heavy (non-hydrogen) atoms. The van der Waals surface area contributed by atoms with Crippen LogP contribution in [0.25, 0.3) is 0 Å². The fourth-order valence-corrected chi connectivity index (χ4v) is 1.88. The lowest BCUT2D eigenvalue weighted by atomic mass is 9.95. The molecule has 0 bridgehead atoms. The maximum atomic E-state index is 12.4. The second-order valence-corrected chi connectivity index (χ2v) is 6.53. The number of carbonyl (C=O) groups is 2. The molecule has 1 unspecified atom stereocenters. The molecule has 0 saturated carbocycles. The van der Waals surface area contributed by atoms with Crippen molar-refractivity contribution in [2.75, 3.05) is 18.6 Å². The minimum Gasteiger partial charge on any atom is -0.479 e. The molecule has 0 spiro atoms. The highest BCUT2D eigenvalue weighted by Gasteiger charge is 2.19. The number of carboxylic acid groups (broad SMARTS) is 1. The van der Waals surface area contributed by atoms with Crippen molar-refractivity contribution in [3.63, 3.8) is 0 Å². The molecule has 1 atom stereocenters. The van der Waals surface area contributed by atoms with Crippen molar-refractivity contribution in [3.8, 4) is 0 Å². The molecule has 1 amide bonds. The van der Waals surface area contributed by atoms with Gasteiger partial charge < -0.3 is 20.6 Å². The van der Waals surface area contributed by atoms with Gasteiger partial charge in [0.25, 0.3) is 5.91 Å². The fraction of sp³-hybridized carbons (Fsp3) is 0.412. The van der Waals surface area contributed by atoms with Gasteiger partial charge in [-0.05, 0) is 24.6 Å². The number of carbonyl (C=O) groups excluding carboxylic acids is 1. The van der Waals surface area contributed by atoms with Gasteiger partial charge in [-0.1, -0.05) is 32.9 Å². The van der Waals surface area contributed by atoms with Crippen molar-refractivity contribution in [2.45, 2.75) is 26.8 Å². The zero-order chi connectivity index (χ0) is 19.0. The largest absolute Gasteiger partial charge is 0.479 e. The molecule has 136 valence electrons. The number of nitrogens with zero attached hydrogens (tertiary/aromatic N) is 2. The number of pyridine rings is 1. The second kappa shape index (κ2) is 8.93. The van der Waals surface area contributed by atoms with Crippen molar-refractivity contribution in [1.29, 1.82) is 5.41 Å². The molecule has 0 aromatic carbocycles. The molecule has 1 aromatic heterocycles. The Hall–Kier alpha value is -2.74. The summed E-state index contributed by atoms with van der Waals surface area (Å²) in [5.74, 6) is -1.25. The summed E-state index contributed by atoms with van der Waals surface area (Å²) < 4.78 is 0. The van der Waals surface area contributed by atoms with Gasteiger partial charge in [0.15, 0.2) is 0 Å². The molecule has 8 nitrogen and oxygen atoms in total. The number of nitrogens with one attached hydrogen (secondary N) is 3. The molecule has 1 heterocycles. The molecule has 0 fully saturated rings. The smallest absolute Gasteiger partial charge is 0.330 e. The van der Waals surface area contributed by atoms with Crippen LogP contribution in [0.4, 0.5) is 5.82 Å². The summed E-state index contributed by atoms with van der Waals surface area (Å²) in [6, 6.07) is 1.87. The third kappa shape index (κ3) is 6.72. The van der Waals surface area contributed by atoms with E-state index in [0.717, 1.165) is 6.34 Å². The molecule has 1 aromatic rings. The van der Waals surface area contributed by atoms with Crippen LogP contribution in [0.15, 0.2) is 30.5 Å². The van der Waals surface area contributed by atoms with E-state index in [1.165, 1.54) is 29.3 Å². The predicted octanol–water partition coefficient (Wildman–Crippen LogP) is 1.46. The second-order valence-electron chi connectivity index (χ2n) is 6.53. The first-order chi connectivity index (χ1) is 11.7. The molecule has 1 rings (SSSR count). The van der Waals surface area contributed by atoms with Crippen LogP contribution in [0.1, 0.15) is 31.1 Å². The first kappa shape index (κ1) is 20.3. The summed E-state index contributed by atoms with van der Waals surface area (Å²) in [5, 5.41) is 22.1. The monoisotopic (exact) mass is 347 g/mol. The van der Waals surface area contributed by atoms with Crippen molar-refractivity contribution in [2.24, 2.45) is 5.41 Å². The van der Waals surface area contributed by atoms with E-state index in [9.17, 15) is 14.7 Å². The van der Waals surface area contributed by atoms with E-state index in [1.807, 2.05) is 20.8 Å². The Balaban J connectivity index is 2.96. The minimum atomic E-state index is -1.14. The van der Waals surface area contributed by atoms with Gasteiger partial charge >= 0.3 is 5.97 Å². The summed E-state index contributed by atoms with van der Waals surface area (Å²) in [7, 11) is 1.73. The van der Waals surface area contributed by atoms with Gasteiger partial charge in [-0.15, -0.1) is 0 Å². The molecular formula is C17H25N5O3. The first-order valence-corrected chi connectivity index (χ1v) is 7.79. The summed E-state index contributed by atoms with van der Waals surface area (Å²) in [6.07, 6.45) is 5.74. The van der Waals surface area contributed by atoms with Crippen LogP contribution in [0.3, 0.4) is 0 Å². The summed E-state index contributed by atoms with van der Waals surface area (Å²) in [6.45, 7) is 6.17. The maximum absolute atomic E-state index is 12.4. The summed E-state index contributed by atoms with van der Waals surface area (Å²) >= 11 is 0. The summed E-state index contributed by atoms with van der Waals surface area (Å²) in [5.41, 5.74) is 0.0724. The van der Waals surface area contributed by atoms with Gasteiger partial charge in [0, 0.05) is 11.8 Å². The van der Waals surface area contributed by atoms with Crippen molar-refractivity contribution >= 4 is 24.0 Å². The normalized spacial score (nSPS) is 12.6. The van der Waals surface area contributed by atoms with Crippen LogP contribution in [0.2, 0.25) is 0 Å². The van der Waals surface area contributed by atoms with E-state index in [-0.39, 0.29) is 11.0 Å². The highest BCUT2D eigenvalue weighted by atomic mass is 16.4. The lowest BCUT2D eigenvalue weighted by molar-refractivity contribution is -0.137. The van der Waals surface area contributed by atoms with Crippen LogP contribution in [0.5, 0.6) is 0 Å². The minimum absolute atomic E-state index is 0.195. The Morgan fingerprint density at radius 1 is 1.44 bits per heavy atom. The van der Waals surface area contributed by atoms with Crippen LogP contribution in [-0.4, -0.2) is 48.1 Å². The molecule has 8 heteroatoms. The zero-order valence-corrected chi connectivity index (χ0v) is 14.9. The lowest BCUT2D eigenvalue weighted by Crippen LogP contribution is -2.39. The SMILES string of the molecule is CNCN(C=N)c1cc(C(=O)NC(/C=C/C(C)(C)C)C(=O)O)ccn1. The van der Waals surface area contributed by atoms with Gasteiger partial charge in [-0.25, -0.2) is 9.78 Å². The third-order valence-electron chi connectivity index (χ3n) is 3.13. The number of allylic oxidation sites excluding steroid dienone is 1. The van der Waals surface area contributed by atoms with Crippen LogP contribution < -0.4 is 15.5 Å². The number of carboxylic acids is 1. The Kier molecular flexibility index (Phi) is 7.25. The van der Waals surface area contributed by atoms with Gasteiger partial charge in [-0.2, -0.15) is 0 Å². The van der Waals surface area contributed by atoms with Crippen LogP contribution in [0, 0.1) is 10.8 Å². The van der Waals surface area contributed by atoms with Crippen molar-refractivity contribution < 1.29 is 14.7 Å². The van der Waals surface area contributed by atoms with Gasteiger partial charge in [-0.3, -0.25) is 10.2 Å². The number of aliphatic carboxylic acids is 1. The topological polar surface area (TPSA) is 118 Å². The van der Waals surface area contributed by atoms with Crippen molar-refractivity contribution in [1.82, 2.24) is 15.6 Å². The number of aromatic nitrogens is 1. The highest BCUT2D eigenvalue weighted by molar-refractivity contribution is 5.98. The number of hydrogen-bond acceptors (Lipinski definition) is 5. The first-order valence-electron chi connectivity index (χ1n) is 7.79. The maximum Gasteiger partial charge on any atom is 0.330 e. The van der Waals surface area contributed by atoms with Gasteiger partial charge in [0.05, 0.1) is 13.0 Å². The van der Waals surface area contributed by atoms with E-state index >= 15 is 0 Å². The quantitative estimate of drug-likeness (QED) is 0.245. The molecule has 0 aliphatic carbocycles. The number of anilines is 1. The van der Waals surface area contributed by atoms with Crippen LogP contribution in [-0.2, 0) is 4.79 Å². The molecular weight excluding hydrogens is 322 g/mol. The highest BCUT2D eigenvalue weighted by Crippen LogP contribution is 2.15. The number of amides is 1. The Morgan fingerprint density at radius 2 is 2.12 bits per heavy atom. The van der Waals surface area contributed by atoms with E-state index in [0.29, 0.717) is 12.5 Å². The standard InChI is InChI=1S/C17H25N5O3/c1-17(2,3)7-5-13(16(24)25)21-15(23)12-6-8-20-14(9-12)22(10-18)11-19-4/h5-10,13,18-19H,11H2,1-4H3,(H,21,23)(H,24,25)/b7-5+,18-10?. The van der Waals surface area contributed by atoms with E-state index < -0.39 is 17.9 Å². The third-order valence-corrected chi connectivity index (χ3v) is 3.13. The molecule has 0 radical (unpaired) electrons. The predicted molar refractivity (Wildman–Crippen MR) is 96.9 cm³/mol.